The van der Waals surface area contributed by atoms with Crippen molar-refractivity contribution in [3.63, 3.8) is 0 Å². The Kier molecular flexibility index (Phi) is 3.56. The number of nitrogens with zero attached hydrogens (tertiary/aromatic N) is 2. The second-order valence-electron chi connectivity index (χ2n) is 7.84. The summed E-state index contributed by atoms with van der Waals surface area (Å²) in [6.07, 6.45) is 11.5. The van der Waals surface area contributed by atoms with Crippen molar-refractivity contribution in [2.24, 2.45) is 0 Å². The minimum Gasteiger partial charge on any atom is -0.308 e. The van der Waals surface area contributed by atoms with E-state index in [0.717, 1.165) is 18.1 Å². The summed E-state index contributed by atoms with van der Waals surface area (Å²) in [5.74, 6) is 0. The zero-order valence-electron chi connectivity index (χ0n) is 13.1. The van der Waals surface area contributed by atoms with Gasteiger partial charge in [0.05, 0.1) is 0 Å². The Morgan fingerprint density at radius 1 is 0.950 bits per heavy atom. The summed E-state index contributed by atoms with van der Waals surface area (Å²) in [6, 6.07) is 2.46. The first-order valence-corrected chi connectivity index (χ1v) is 9.02. The minimum absolute atomic E-state index is 0.481. The molecule has 3 unspecified atom stereocenters. The van der Waals surface area contributed by atoms with E-state index in [1.807, 2.05) is 0 Å². The zero-order valence-corrected chi connectivity index (χ0v) is 13.1. The highest BCUT2D eigenvalue weighted by Gasteiger charge is 2.46. The van der Waals surface area contributed by atoms with E-state index in [4.69, 9.17) is 0 Å². The van der Waals surface area contributed by atoms with Crippen molar-refractivity contribution >= 4 is 0 Å². The first-order chi connectivity index (χ1) is 9.77. The molecule has 4 aliphatic rings. The Morgan fingerprint density at radius 3 is 2.65 bits per heavy atom. The highest BCUT2D eigenvalue weighted by molar-refractivity contribution is 5.05. The van der Waals surface area contributed by atoms with Gasteiger partial charge in [-0.3, -0.25) is 9.80 Å². The number of rotatable bonds is 1. The molecular weight excluding hydrogens is 246 g/mol. The Hall–Kier alpha value is -0.120. The summed E-state index contributed by atoms with van der Waals surface area (Å²) < 4.78 is 0. The van der Waals surface area contributed by atoms with Gasteiger partial charge in [0, 0.05) is 43.3 Å². The second kappa shape index (κ2) is 5.26. The molecule has 0 aromatic rings. The van der Waals surface area contributed by atoms with Gasteiger partial charge in [0.15, 0.2) is 0 Å². The van der Waals surface area contributed by atoms with Crippen molar-refractivity contribution in [1.82, 2.24) is 15.1 Å². The van der Waals surface area contributed by atoms with Crippen LogP contribution in [0.2, 0.25) is 0 Å². The average molecular weight is 277 g/mol. The molecule has 20 heavy (non-hydrogen) atoms. The fourth-order valence-corrected chi connectivity index (χ4v) is 5.48. The van der Waals surface area contributed by atoms with E-state index in [1.165, 1.54) is 77.5 Å². The maximum atomic E-state index is 3.91. The summed E-state index contributed by atoms with van der Waals surface area (Å²) in [7, 11) is 0. The van der Waals surface area contributed by atoms with E-state index >= 15 is 0 Å². The van der Waals surface area contributed by atoms with E-state index in [2.05, 4.69) is 22.0 Å². The van der Waals surface area contributed by atoms with Gasteiger partial charge in [-0.15, -0.1) is 0 Å². The van der Waals surface area contributed by atoms with Gasteiger partial charge in [0.1, 0.15) is 0 Å². The molecule has 0 aromatic carbocycles. The molecule has 0 radical (unpaired) electrons. The molecule has 0 bridgehead atoms. The molecule has 1 N–H and O–H groups in total. The predicted molar refractivity (Wildman–Crippen MR) is 83.0 cm³/mol. The van der Waals surface area contributed by atoms with Crippen LogP contribution in [0.4, 0.5) is 0 Å². The highest BCUT2D eigenvalue weighted by Crippen LogP contribution is 2.37. The van der Waals surface area contributed by atoms with Crippen molar-refractivity contribution in [3.05, 3.63) is 0 Å². The summed E-state index contributed by atoms with van der Waals surface area (Å²) >= 11 is 0. The fourth-order valence-electron chi connectivity index (χ4n) is 5.48. The molecule has 0 amide bonds. The van der Waals surface area contributed by atoms with Crippen LogP contribution in [0.3, 0.4) is 0 Å². The normalized spacial score (nSPS) is 42.1. The van der Waals surface area contributed by atoms with Crippen LogP contribution < -0.4 is 5.32 Å². The number of hydrogen-bond acceptors (Lipinski definition) is 3. The smallest absolute Gasteiger partial charge is 0.0309 e. The summed E-state index contributed by atoms with van der Waals surface area (Å²) in [5.41, 5.74) is 0.481. The van der Waals surface area contributed by atoms with Crippen molar-refractivity contribution in [1.29, 1.82) is 0 Å². The third kappa shape index (κ3) is 2.22. The highest BCUT2D eigenvalue weighted by atomic mass is 15.3. The lowest BCUT2D eigenvalue weighted by atomic mass is 9.89. The lowest BCUT2D eigenvalue weighted by Gasteiger charge is -2.49. The van der Waals surface area contributed by atoms with E-state index in [-0.39, 0.29) is 0 Å². The van der Waals surface area contributed by atoms with Gasteiger partial charge in [0.2, 0.25) is 0 Å². The van der Waals surface area contributed by atoms with Crippen LogP contribution in [0.1, 0.15) is 58.3 Å². The lowest BCUT2D eigenvalue weighted by molar-refractivity contribution is 0.0274. The number of hydrogen-bond donors (Lipinski definition) is 1. The van der Waals surface area contributed by atoms with Crippen LogP contribution in [-0.2, 0) is 0 Å². The number of fused-ring (bicyclic) bond motifs is 1. The molecule has 3 nitrogen and oxygen atoms in total. The molecule has 3 atom stereocenters. The largest absolute Gasteiger partial charge is 0.308 e. The monoisotopic (exact) mass is 277 g/mol. The molecule has 3 heteroatoms. The summed E-state index contributed by atoms with van der Waals surface area (Å²) in [6.45, 7) is 7.71. The van der Waals surface area contributed by atoms with Crippen molar-refractivity contribution in [2.75, 3.05) is 26.2 Å². The Labute approximate surface area is 124 Å². The van der Waals surface area contributed by atoms with E-state index in [9.17, 15) is 0 Å². The fraction of sp³-hybridized carbons (Fsp3) is 1.00. The molecule has 4 rings (SSSR count). The van der Waals surface area contributed by atoms with Crippen LogP contribution in [0.25, 0.3) is 0 Å². The molecule has 0 aromatic heterocycles. The number of nitrogens with one attached hydrogen (secondary N) is 1. The SMILES string of the molecule is CC1CNC2(CCCC2)CN1C1CCN2CCCCC12. The quantitative estimate of drug-likeness (QED) is 0.793. The third-order valence-corrected chi connectivity index (χ3v) is 6.63. The molecule has 3 saturated heterocycles. The van der Waals surface area contributed by atoms with Crippen LogP contribution in [0, 0.1) is 0 Å². The molecule has 3 aliphatic heterocycles. The van der Waals surface area contributed by atoms with Crippen LogP contribution >= 0.6 is 0 Å². The maximum absolute atomic E-state index is 3.91. The topological polar surface area (TPSA) is 18.5 Å². The number of piperidine rings is 1. The van der Waals surface area contributed by atoms with Gasteiger partial charge in [-0.2, -0.15) is 0 Å². The lowest BCUT2D eigenvalue weighted by Crippen LogP contribution is -2.66. The molecule has 1 aliphatic carbocycles. The maximum Gasteiger partial charge on any atom is 0.0309 e. The predicted octanol–water partition coefficient (Wildman–Crippen LogP) is 2.22. The molecule has 4 fully saturated rings. The molecular formula is C17H31N3. The molecule has 114 valence electrons. The van der Waals surface area contributed by atoms with Crippen molar-refractivity contribution in [3.8, 4) is 0 Å². The average Bonchev–Trinajstić information content (AvgIpc) is 3.09. The van der Waals surface area contributed by atoms with Crippen LogP contribution in [0.15, 0.2) is 0 Å². The summed E-state index contributed by atoms with van der Waals surface area (Å²) in [4.78, 5) is 5.71. The van der Waals surface area contributed by atoms with E-state index in [1.54, 1.807) is 0 Å². The van der Waals surface area contributed by atoms with Crippen molar-refractivity contribution in [2.45, 2.75) is 82.0 Å². The van der Waals surface area contributed by atoms with Crippen molar-refractivity contribution < 1.29 is 0 Å². The summed E-state index contributed by atoms with van der Waals surface area (Å²) in [5, 5.41) is 3.91. The first kappa shape index (κ1) is 13.5. The van der Waals surface area contributed by atoms with Crippen LogP contribution in [-0.4, -0.2) is 59.6 Å². The first-order valence-electron chi connectivity index (χ1n) is 9.02. The second-order valence-corrected chi connectivity index (χ2v) is 7.84. The van der Waals surface area contributed by atoms with E-state index < -0.39 is 0 Å². The Bertz CT molecular complexity index is 350. The number of piperazine rings is 1. The Morgan fingerprint density at radius 2 is 1.80 bits per heavy atom. The molecule has 1 spiro atoms. The molecule has 1 saturated carbocycles. The zero-order chi connectivity index (χ0) is 13.6. The van der Waals surface area contributed by atoms with Gasteiger partial charge >= 0.3 is 0 Å². The standard InChI is InChI=1S/C17H31N3/c1-14-12-18-17(8-3-4-9-17)13-20(14)16-7-11-19-10-5-2-6-15(16)19/h14-16,18H,2-13H2,1H3. The molecule has 3 heterocycles. The van der Waals surface area contributed by atoms with Gasteiger partial charge in [0.25, 0.3) is 0 Å². The third-order valence-electron chi connectivity index (χ3n) is 6.63. The van der Waals surface area contributed by atoms with Crippen LogP contribution in [0.5, 0.6) is 0 Å². The van der Waals surface area contributed by atoms with Gasteiger partial charge in [-0.25, -0.2) is 0 Å². The Balaban J connectivity index is 1.51. The van der Waals surface area contributed by atoms with E-state index in [0.29, 0.717) is 5.54 Å². The van der Waals surface area contributed by atoms with Gasteiger partial charge < -0.3 is 5.32 Å². The minimum atomic E-state index is 0.481. The van der Waals surface area contributed by atoms with Gasteiger partial charge in [-0.05, 0) is 45.6 Å². The van der Waals surface area contributed by atoms with Gasteiger partial charge in [-0.1, -0.05) is 19.3 Å².